The zero-order chi connectivity index (χ0) is 50.8. The van der Waals surface area contributed by atoms with Crippen LogP contribution in [-0.4, -0.2) is 191 Å². The van der Waals surface area contributed by atoms with Crippen LogP contribution in [0.2, 0.25) is 0 Å². The van der Waals surface area contributed by atoms with Crippen LogP contribution >= 0.6 is 0 Å². The summed E-state index contributed by atoms with van der Waals surface area (Å²) in [6.07, 6.45) is -13.4. The van der Waals surface area contributed by atoms with Crippen LogP contribution in [0, 0.1) is 23.7 Å². The average Bonchev–Trinajstić information content (AvgIpc) is 3.21. The number of likely N-dealkylation sites (N-methyl/N-ethyl adjacent to an activating group) is 2. The lowest BCUT2D eigenvalue weighted by Gasteiger charge is -2.51. The van der Waals surface area contributed by atoms with Gasteiger partial charge in [-0.2, -0.15) is 0 Å². The molecule has 4 fully saturated rings. The van der Waals surface area contributed by atoms with E-state index >= 15 is 0 Å². The fourth-order valence-corrected chi connectivity index (χ4v) is 11.0. The Bertz CT molecular complexity index is 1680. The van der Waals surface area contributed by atoms with E-state index in [1.165, 1.54) is 27.7 Å². The van der Waals surface area contributed by atoms with Crippen molar-refractivity contribution in [3.63, 3.8) is 0 Å². The molecule has 0 amide bonds. The van der Waals surface area contributed by atoms with Crippen molar-refractivity contribution >= 4 is 23.7 Å². The van der Waals surface area contributed by atoms with E-state index in [9.17, 15) is 39.6 Å². The number of ether oxygens (including phenoxy) is 9. The lowest BCUT2D eigenvalue weighted by molar-refractivity contribution is -0.340. The first-order valence-corrected chi connectivity index (χ1v) is 24.0. The maximum atomic E-state index is 14.7. The third-order valence-corrected chi connectivity index (χ3v) is 14.7. The van der Waals surface area contributed by atoms with E-state index < -0.39 is 150 Å². The molecule has 4 aliphatic rings. The van der Waals surface area contributed by atoms with Crippen LogP contribution in [0.5, 0.6) is 0 Å². The number of nitrogens with zero attached hydrogens (tertiary/aromatic N) is 2. The minimum atomic E-state index is -2.09. The molecule has 0 bridgehead atoms. The highest BCUT2D eigenvalue weighted by atomic mass is 16.7. The van der Waals surface area contributed by atoms with Gasteiger partial charge in [0.25, 0.3) is 0 Å². The number of ketones is 1. The third kappa shape index (κ3) is 13.1. The van der Waals surface area contributed by atoms with Crippen LogP contribution in [0.15, 0.2) is 0 Å². The Kier molecular flexibility index (Phi) is 19.4. The standard InChI is InChI=1S/C48H84N2O17/c1-18-34-48(13,58)41(56)25(4)37(53)23(2)21-46(11,67-35-20-33(50(16)17)38(54)28(7)60-35)42(65-45-39(55)32(49(14)15)19-24(3)59-45)26(5)40(27(6)44(57)63-34)64-36-22-47(12,66-31(10)52)43(29(8)61-36)62-30(9)51/h23-29,32-36,38-43,45,54-56,58H,18-22H2,1-17H3/t23-,24?,25+,26+,27-,28?,29?,32?,33?,34-,35?,36?,38?,39?,40+,41-,42-,43?,45?,46-,47?,48-/m1/s1. The Hall–Kier alpha value is -2.40. The maximum absolute atomic E-state index is 14.7. The van der Waals surface area contributed by atoms with Crippen LogP contribution in [0.25, 0.3) is 0 Å². The largest absolute Gasteiger partial charge is 0.459 e. The smallest absolute Gasteiger partial charge is 0.311 e. The SMILES string of the molecule is CC[C@H]1OC(=O)[C@H](C)[C@@H](OC2CC(C)(OC(C)=O)C(OC(C)=O)C(C)O2)[C@H](C)[C@@H](OC2OC(C)CC(N(C)C)C2O)[C@](C)(OC2CC(N(C)C)C(O)C(C)O2)C[C@@H](C)C(=O)[C@H](C)[C@@H](O)[C@]1(C)O. The van der Waals surface area contributed by atoms with Crippen molar-refractivity contribution in [1.82, 2.24) is 9.80 Å². The van der Waals surface area contributed by atoms with E-state index in [4.69, 9.17) is 42.6 Å². The van der Waals surface area contributed by atoms with Crippen molar-refractivity contribution in [1.29, 1.82) is 0 Å². The lowest BCUT2D eigenvalue weighted by Crippen LogP contribution is -2.63. The van der Waals surface area contributed by atoms with Gasteiger partial charge in [0.1, 0.15) is 23.6 Å². The molecule has 4 rings (SSSR count). The molecule has 4 aliphatic heterocycles. The zero-order valence-electron chi connectivity index (χ0n) is 43.0. The van der Waals surface area contributed by atoms with Crippen molar-refractivity contribution < 1.29 is 82.2 Å². The summed E-state index contributed by atoms with van der Waals surface area (Å²) in [5.41, 5.74) is -5.13. The van der Waals surface area contributed by atoms with Crippen LogP contribution in [-0.2, 0) is 61.8 Å². The summed E-state index contributed by atoms with van der Waals surface area (Å²) < 4.78 is 57.9. The summed E-state index contributed by atoms with van der Waals surface area (Å²) in [4.78, 5) is 58.0. The molecule has 4 saturated heterocycles. The lowest BCUT2D eigenvalue weighted by atomic mass is 9.73. The van der Waals surface area contributed by atoms with Gasteiger partial charge in [0.2, 0.25) is 0 Å². The van der Waals surface area contributed by atoms with Gasteiger partial charge < -0.3 is 72.9 Å². The topological polar surface area (TPSA) is 239 Å². The highest BCUT2D eigenvalue weighted by molar-refractivity contribution is 5.83. The number of aliphatic hydroxyl groups excluding tert-OH is 3. The summed E-state index contributed by atoms with van der Waals surface area (Å²) >= 11 is 0. The second kappa shape index (κ2) is 22.8. The number of esters is 3. The fourth-order valence-electron chi connectivity index (χ4n) is 11.0. The molecule has 388 valence electrons. The third-order valence-electron chi connectivity index (χ3n) is 14.7. The summed E-state index contributed by atoms with van der Waals surface area (Å²) in [5, 5.41) is 46.9. The predicted molar refractivity (Wildman–Crippen MR) is 242 cm³/mol. The molecule has 4 heterocycles. The van der Waals surface area contributed by atoms with Gasteiger partial charge in [-0.15, -0.1) is 0 Å². The highest BCUT2D eigenvalue weighted by Crippen LogP contribution is 2.44. The zero-order valence-corrected chi connectivity index (χ0v) is 43.0. The Balaban J connectivity index is 2.00. The van der Waals surface area contributed by atoms with E-state index in [1.54, 1.807) is 55.4 Å². The van der Waals surface area contributed by atoms with Crippen molar-refractivity contribution in [2.24, 2.45) is 23.7 Å². The Morgan fingerprint density at radius 3 is 1.87 bits per heavy atom. The van der Waals surface area contributed by atoms with Gasteiger partial charge >= 0.3 is 17.9 Å². The first kappa shape index (κ1) is 57.2. The molecular weight excluding hydrogens is 877 g/mol. The minimum absolute atomic E-state index is 0.0732. The van der Waals surface area contributed by atoms with Crippen LogP contribution in [0.3, 0.4) is 0 Å². The normalized spacial score (nSPS) is 46.4. The van der Waals surface area contributed by atoms with Crippen LogP contribution in [0.4, 0.5) is 0 Å². The molecule has 0 radical (unpaired) electrons. The van der Waals surface area contributed by atoms with Crippen molar-refractivity contribution in [3.05, 3.63) is 0 Å². The Labute approximate surface area is 397 Å². The Morgan fingerprint density at radius 1 is 0.731 bits per heavy atom. The van der Waals surface area contributed by atoms with E-state index in [2.05, 4.69) is 0 Å². The minimum Gasteiger partial charge on any atom is -0.459 e. The number of Topliss-reactive ketones (excluding diaryl/α,β-unsaturated/α-hetero) is 1. The van der Waals surface area contributed by atoms with Gasteiger partial charge in [0, 0.05) is 56.5 Å². The average molecular weight is 961 g/mol. The van der Waals surface area contributed by atoms with Gasteiger partial charge in [0.05, 0.1) is 54.2 Å². The molecule has 0 saturated carbocycles. The first-order chi connectivity index (χ1) is 30.9. The molecule has 4 N–H and O–H groups in total. The van der Waals surface area contributed by atoms with Crippen LogP contribution < -0.4 is 0 Å². The maximum Gasteiger partial charge on any atom is 0.311 e. The number of rotatable bonds is 11. The molecule has 0 aliphatic carbocycles. The van der Waals surface area contributed by atoms with E-state index in [0.717, 1.165) is 0 Å². The molecular formula is C48H84N2O17. The van der Waals surface area contributed by atoms with Gasteiger partial charge in [-0.3, -0.25) is 19.2 Å². The van der Waals surface area contributed by atoms with Gasteiger partial charge in [-0.05, 0) is 95.9 Å². The van der Waals surface area contributed by atoms with E-state index in [0.29, 0.717) is 6.42 Å². The second-order valence-corrected chi connectivity index (χ2v) is 21.0. The number of hydrogen-bond donors (Lipinski definition) is 4. The highest BCUT2D eigenvalue weighted by Gasteiger charge is 2.56. The number of aliphatic hydroxyl groups is 4. The summed E-state index contributed by atoms with van der Waals surface area (Å²) in [7, 11) is 7.37. The molecule has 0 aromatic rings. The predicted octanol–water partition coefficient (Wildman–Crippen LogP) is 2.72. The molecule has 67 heavy (non-hydrogen) atoms. The summed E-state index contributed by atoms with van der Waals surface area (Å²) in [5.74, 6) is -6.67. The van der Waals surface area contributed by atoms with Crippen molar-refractivity contribution in [2.75, 3.05) is 28.2 Å². The number of carbonyl (C=O) groups is 4. The number of hydrogen-bond acceptors (Lipinski definition) is 19. The van der Waals surface area contributed by atoms with Crippen molar-refractivity contribution in [3.8, 4) is 0 Å². The number of carbonyl (C=O) groups excluding carboxylic acids is 4. The molecule has 22 atom stereocenters. The van der Waals surface area contributed by atoms with Gasteiger partial charge in [-0.1, -0.05) is 27.7 Å². The molecule has 0 spiro atoms. The second-order valence-electron chi connectivity index (χ2n) is 21.0. The van der Waals surface area contributed by atoms with E-state index in [-0.39, 0.29) is 31.8 Å². The number of cyclic esters (lactones) is 1. The van der Waals surface area contributed by atoms with Gasteiger partial charge in [0.15, 0.2) is 30.6 Å². The monoisotopic (exact) mass is 961 g/mol. The van der Waals surface area contributed by atoms with Crippen molar-refractivity contribution in [2.45, 2.75) is 231 Å². The molecule has 19 heteroatoms. The van der Waals surface area contributed by atoms with E-state index in [1.807, 2.05) is 44.9 Å². The molecule has 0 aromatic heterocycles. The molecule has 19 nitrogen and oxygen atoms in total. The van der Waals surface area contributed by atoms with Crippen LogP contribution in [0.1, 0.15) is 122 Å². The Morgan fingerprint density at radius 2 is 1.31 bits per heavy atom. The summed E-state index contributed by atoms with van der Waals surface area (Å²) in [6.45, 7) is 20.7. The van der Waals surface area contributed by atoms with Gasteiger partial charge in [-0.25, -0.2) is 0 Å². The fraction of sp³-hybridized carbons (Fsp3) is 0.917. The molecule has 0 aromatic carbocycles. The quantitative estimate of drug-likeness (QED) is 0.172. The first-order valence-electron chi connectivity index (χ1n) is 24.0. The molecule has 12 unspecified atom stereocenters. The summed E-state index contributed by atoms with van der Waals surface area (Å²) in [6, 6.07) is -0.803.